The molecule has 0 atom stereocenters. The molecule has 0 radical (unpaired) electrons. The van der Waals surface area contributed by atoms with Crippen molar-refractivity contribution >= 4 is 23.2 Å². The molecule has 0 saturated heterocycles. The minimum Gasteiger partial charge on any atom is -0.348 e. The van der Waals surface area contributed by atoms with Crippen LogP contribution >= 0.6 is 0 Å². The van der Waals surface area contributed by atoms with E-state index in [1.54, 1.807) is 25.1 Å². The number of amides is 2. The SMILES string of the molecule is Cc1c(C(=O)NCc2ccc(NC(=O)C3CC3)cc2)cccc1[N+](=O)[O-]. The molecule has 7 heteroatoms. The van der Waals surface area contributed by atoms with Gasteiger partial charge < -0.3 is 10.6 Å². The number of nitrogens with one attached hydrogen (secondary N) is 2. The van der Waals surface area contributed by atoms with Gasteiger partial charge in [-0.3, -0.25) is 19.7 Å². The van der Waals surface area contributed by atoms with Crippen LogP contribution in [0.3, 0.4) is 0 Å². The summed E-state index contributed by atoms with van der Waals surface area (Å²) in [5, 5.41) is 16.6. The van der Waals surface area contributed by atoms with E-state index < -0.39 is 4.92 Å². The zero-order valence-corrected chi connectivity index (χ0v) is 14.3. The third-order valence-corrected chi connectivity index (χ3v) is 4.37. The number of carbonyl (C=O) groups is 2. The molecule has 0 unspecified atom stereocenters. The van der Waals surface area contributed by atoms with Gasteiger partial charge in [0.25, 0.3) is 11.6 Å². The molecule has 1 fully saturated rings. The first-order chi connectivity index (χ1) is 12.5. The van der Waals surface area contributed by atoms with E-state index in [4.69, 9.17) is 0 Å². The van der Waals surface area contributed by atoms with Crippen LogP contribution in [0.2, 0.25) is 0 Å². The Kier molecular flexibility index (Phi) is 4.97. The van der Waals surface area contributed by atoms with Gasteiger partial charge in [0, 0.05) is 35.3 Å². The first-order valence-corrected chi connectivity index (χ1v) is 8.37. The van der Waals surface area contributed by atoms with Crippen LogP contribution in [0.4, 0.5) is 11.4 Å². The Morgan fingerprint density at radius 1 is 1.15 bits per heavy atom. The average molecular weight is 353 g/mol. The Balaban J connectivity index is 1.60. The van der Waals surface area contributed by atoms with E-state index in [0.717, 1.165) is 24.1 Å². The lowest BCUT2D eigenvalue weighted by molar-refractivity contribution is -0.385. The van der Waals surface area contributed by atoms with Crippen LogP contribution in [0.1, 0.15) is 34.3 Å². The van der Waals surface area contributed by atoms with Crippen molar-refractivity contribution in [3.05, 3.63) is 69.3 Å². The maximum absolute atomic E-state index is 12.3. The van der Waals surface area contributed by atoms with Crippen molar-refractivity contribution < 1.29 is 14.5 Å². The Hall–Kier alpha value is -3.22. The lowest BCUT2D eigenvalue weighted by Gasteiger charge is -2.09. The second kappa shape index (κ2) is 7.35. The van der Waals surface area contributed by atoms with E-state index in [1.807, 2.05) is 12.1 Å². The molecular formula is C19H19N3O4. The number of anilines is 1. The quantitative estimate of drug-likeness (QED) is 0.615. The monoisotopic (exact) mass is 353 g/mol. The number of benzene rings is 2. The topological polar surface area (TPSA) is 101 Å². The van der Waals surface area contributed by atoms with Gasteiger partial charge in [-0.1, -0.05) is 18.2 Å². The number of hydrogen-bond acceptors (Lipinski definition) is 4. The summed E-state index contributed by atoms with van der Waals surface area (Å²) in [6.45, 7) is 1.85. The molecule has 2 N–H and O–H groups in total. The predicted octanol–water partition coefficient (Wildman–Crippen LogP) is 3.18. The first-order valence-electron chi connectivity index (χ1n) is 8.37. The Morgan fingerprint density at radius 2 is 1.85 bits per heavy atom. The molecule has 0 aromatic heterocycles. The van der Waals surface area contributed by atoms with E-state index in [1.165, 1.54) is 12.1 Å². The molecule has 0 heterocycles. The molecule has 0 spiro atoms. The first kappa shape index (κ1) is 17.6. The summed E-state index contributed by atoms with van der Waals surface area (Å²) >= 11 is 0. The minimum absolute atomic E-state index is 0.0483. The molecule has 1 aliphatic rings. The number of carbonyl (C=O) groups excluding carboxylic acids is 2. The van der Waals surface area contributed by atoms with Crippen LogP contribution in [0.5, 0.6) is 0 Å². The fourth-order valence-electron chi connectivity index (χ4n) is 2.64. The van der Waals surface area contributed by atoms with E-state index >= 15 is 0 Å². The summed E-state index contributed by atoms with van der Waals surface area (Å²) in [6.07, 6.45) is 1.90. The van der Waals surface area contributed by atoms with Gasteiger partial charge in [0.05, 0.1) is 4.92 Å². The molecule has 2 amide bonds. The van der Waals surface area contributed by atoms with Crippen LogP contribution < -0.4 is 10.6 Å². The van der Waals surface area contributed by atoms with E-state index in [0.29, 0.717) is 5.56 Å². The molecular weight excluding hydrogens is 334 g/mol. The number of nitro benzene ring substituents is 1. The predicted molar refractivity (Wildman–Crippen MR) is 96.8 cm³/mol. The fraction of sp³-hybridized carbons (Fsp3) is 0.263. The average Bonchev–Trinajstić information content (AvgIpc) is 3.46. The van der Waals surface area contributed by atoms with Crippen molar-refractivity contribution in [2.24, 2.45) is 5.92 Å². The molecule has 2 aromatic rings. The Labute approximate surface area is 150 Å². The summed E-state index contributed by atoms with van der Waals surface area (Å²) < 4.78 is 0. The third kappa shape index (κ3) is 4.05. The van der Waals surface area contributed by atoms with Crippen molar-refractivity contribution in [2.75, 3.05) is 5.32 Å². The number of rotatable bonds is 6. The highest BCUT2D eigenvalue weighted by atomic mass is 16.6. The van der Waals surface area contributed by atoms with Crippen LogP contribution in [0.25, 0.3) is 0 Å². The van der Waals surface area contributed by atoms with Crippen LogP contribution in [0, 0.1) is 23.0 Å². The highest BCUT2D eigenvalue weighted by molar-refractivity contribution is 5.96. The van der Waals surface area contributed by atoms with Gasteiger partial charge in [0.1, 0.15) is 0 Å². The maximum Gasteiger partial charge on any atom is 0.273 e. The molecule has 2 aromatic carbocycles. The van der Waals surface area contributed by atoms with Gasteiger partial charge in [-0.15, -0.1) is 0 Å². The summed E-state index contributed by atoms with van der Waals surface area (Å²) in [7, 11) is 0. The lowest BCUT2D eigenvalue weighted by atomic mass is 10.1. The zero-order chi connectivity index (χ0) is 18.7. The zero-order valence-electron chi connectivity index (χ0n) is 14.3. The molecule has 134 valence electrons. The van der Waals surface area contributed by atoms with Crippen LogP contribution in [-0.2, 0) is 11.3 Å². The summed E-state index contributed by atoms with van der Waals surface area (Å²) in [4.78, 5) is 34.5. The molecule has 3 rings (SSSR count). The fourth-order valence-corrected chi connectivity index (χ4v) is 2.64. The van der Waals surface area contributed by atoms with E-state index in [9.17, 15) is 19.7 Å². The van der Waals surface area contributed by atoms with Crippen molar-refractivity contribution in [2.45, 2.75) is 26.3 Å². The molecule has 0 bridgehead atoms. The molecule has 1 aliphatic carbocycles. The van der Waals surface area contributed by atoms with E-state index in [-0.39, 0.29) is 35.5 Å². The summed E-state index contributed by atoms with van der Waals surface area (Å²) in [6, 6.07) is 11.7. The minimum atomic E-state index is -0.499. The maximum atomic E-state index is 12.3. The van der Waals surface area contributed by atoms with Crippen molar-refractivity contribution in [1.29, 1.82) is 0 Å². The Bertz CT molecular complexity index is 858. The van der Waals surface area contributed by atoms with Crippen molar-refractivity contribution in [3.8, 4) is 0 Å². The van der Waals surface area contributed by atoms with E-state index in [2.05, 4.69) is 10.6 Å². The standard InChI is InChI=1S/C19H19N3O4/c1-12-16(3-2-4-17(12)22(25)26)19(24)20-11-13-5-9-15(10-6-13)21-18(23)14-7-8-14/h2-6,9-10,14H,7-8,11H2,1H3,(H,20,24)(H,21,23). The Morgan fingerprint density at radius 3 is 2.46 bits per heavy atom. The number of hydrogen-bond donors (Lipinski definition) is 2. The second-order valence-electron chi connectivity index (χ2n) is 6.35. The highest BCUT2D eigenvalue weighted by Gasteiger charge is 2.29. The molecule has 1 saturated carbocycles. The van der Waals surface area contributed by atoms with Crippen molar-refractivity contribution in [3.63, 3.8) is 0 Å². The normalized spacial score (nSPS) is 13.1. The summed E-state index contributed by atoms with van der Waals surface area (Å²) in [5.74, 6) is -0.170. The van der Waals surface area contributed by atoms with Gasteiger partial charge in [0.2, 0.25) is 5.91 Å². The molecule has 0 aliphatic heterocycles. The van der Waals surface area contributed by atoms with Gasteiger partial charge in [-0.25, -0.2) is 0 Å². The summed E-state index contributed by atoms with van der Waals surface area (Å²) in [5.41, 5.74) is 2.14. The number of nitro groups is 1. The molecule has 7 nitrogen and oxygen atoms in total. The van der Waals surface area contributed by atoms with Gasteiger partial charge >= 0.3 is 0 Å². The smallest absolute Gasteiger partial charge is 0.273 e. The lowest BCUT2D eigenvalue weighted by Crippen LogP contribution is -2.23. The van der Waals surface area contributed by atoms with Crippen molar-refractivity contribution in [1.82, 2.24) is 5.32 Å². The van der Waals surface area contributed by atoms with Gasteiger partial charge in [-0.05, 0) is 43.5 Å². The largest absolute Gasteiger partial charge is 0.348 e. The van der Waals surface area contributed by atoms with Crippen LogP contribution in [-0.4, -0.2) is 16.7 Å². The highest BCUT2D eigenvalue weighted by Crippen LogP contribution is 2.30. The van der Waals surface area contributed by atoms with Gasteiger partial charge in [-0.2, -0.15) is 0 Å². The van der Waals surface area contributed by atoms with Gasteiger partial charge in [0.15, 0.2) is 0 Å². The number of nitrogens with zero attached hydrogens (tertiary/aromatic N) is 1. The third-order valence-electron chi connectivity index (χ3n) is 4.37. The molecule has 26 heavy (non-hydrogen) atoms. The second-order valence-corrected chi connectivity index (χ2v) is 6.35. The van der Waals surface area contributed by atoms with Crippen LogP contribution in [0.15, 0.2) is 42.5 Å².